The summed E-state index contributed by atoms with van der Waals surface area (Å²) in [6, 6.07) is 0. The van der Waals surface area contributed by atoms with Gasteiger partial charge < -0.3 is 21.1 Å². The number of nitrogen functional groups attached to an aromatic ring is 1. The molecule has 1 amide bonds. The second kappa shape index (κ2) is 4.43. The van der Waals surface area contributed by atoms with Crippen molar-refractivity contribution >= 4 is 11.7 Å². The Balaban J connectivity index is 2.79. The Hall–Kier alpha value is -1.82. The summed E-state index contributed by atoms with van der Waals surface area (Å²) >= 11 is 0. The molecule has 0 aliphatic rings. The van der Waals surface area contributed by atoms with Crippen LogP contribution >= 0.6 is 0 Å². The molecule has 6 nitrogen and oxygen atoms in total. The molecule has 0 saturated heterocycles. The molecule has 1 heterocycles. The van der Waals surface area contributed by atoms with E-state index in [1.165, 1.54) is 6.33 Å². The number of hydrogen-bond acceptors (Lipinski definition) is 4. The summed E-state index contributed by atoms with van der Waals surface area (Å²) in [5.74, 6) is -0.410. The van der Waals surface area contributed by atoms with Crippen molar-refractivity contribution in [2.45, 2.75) is 6.54 Å². The van der Waals surface area contributed by atoms with Crippen molar-refractivity contribution in [3.05, 3.63) is 24.2 Å². The molecule has 0 saturated carbocycles. The molecule has 0 fully saturated rings. The van der Waals surface area contributed by atoms with Crippen molar-refractivity contribution in [3.8, 4) is 0 Å². The van der Waals surface area contributed by atoms with Gasteiger partial charge in [-0.05, 0) is 0 Å². The second-order valence-electron chi connectivity index (χ2n) is 2.65. The van der Waals surface area contributed by atoms with Gasteiger partial charge in [0.1, 0.15) is 5.82 Å². The first-order valence-corrected chi connectivity index (χ1v) is 4.03. The van der Waals surface area contributed by atoms with Crippen LogP contribution in [-0.4, -0.2) is 27.2 Å². The number of allylic oxidation sites excluding steroid dienone is 1. The van der Waals surface area contributed by atoms with E-state index in [1.807, 2.05) is 0 Å². The van der Waals surface area contributed by atoms with E-state index in [1.54, 1.807) is 16.7 Å². The van der Waals surface area contributed by atoms with Crippen LogP contribution in [-0.2, 0) is 6.54 Å². The van der Waals surface area contributed by atoms with Gasteiger partial charge in [-0.1, -0.05) is 12.2 Å². The van der Waals surface area contributed by atoms with E-state index in [4.69, 9.17) is 16.6 Å². The number of carbonyl (C=O) groups is 1. The molecule has 5 N–H and O–H groups in total. The van der Waals surface area contributed by atoms with E-state index in [0.717, 1.165) is 0 Å². The number of nitrogens with zero attached hydrogens (tertiary/aromatic N) is 2. The molecule has 0 radical (unpaired) electrons. The van der Waals surface area contributed by atoms with Gasteiger partial charge >= 0.3 is 0 Å². The molecular formula is C8H12N4O2. The number of imidazole rings is 1. The minimum atomic E-state index is -0.646. The summed E-state index contributed by atoms with van der Waals surface area (Å²) in [6.07, 6.45) is 4.71. The molecule has 1 aromatic rings. The quantitative estimate of drug-likeness (QED) is 0.543. The number of nitrogens with two attached hydrogens (primary N) is 2. The third-order valence-corrected chi connectivity index (χ3v) is 1.69. The average molecular weight is 196 g/mol. The molecule has 0 aromatic carbocycles. The highest BCUT2D eigenvalue weighted by atomic mass is 16.2. The van der Waals surface area contributed by atoms with Crippen molar-refractivity contribution in [1.29, 1.82) is 0 Å². The summed E-state index contributed by atoms with van der Waals surface area (Å²) in [4.78, 5) is 14.5. The van der Waals surface area contributed by atoms with Gasteiger partial charge in [-0.2, -0.15) is 0 Å². The first-order chi connectivity index (χ1) is 6.66. The van der Waals surface area contributed by atoms with Crippen LogP contribution in [0.4, 0.5) is 5.82 Å². The minimum Gasteiger partial charge on any atom is -0.392 e. The van der Waals surface area contributed by atoms with Crippen LogP contribution in [0.1, 0.15) is 10.5 Å². The molecule has 1 aromatic heterocycles. The fourth-order valence-corrected chi connectivity index (χ4v) is 0.990. The lowest BCUT2D eigenvalue weighted by Crippen LogP contribution is -2.14. The number of carbonyl (C=O) groups excluding carboxylic acids is 1. The first kappa shape index (κ1) is 10.3. The Morgan fingerprint density at radius 1 is 1.64 bits per heavy atom. The van der Waals surface area contributed by atoms with Crippen LogP contribution in [0.15, 0.2) is 18.5 Å². The van der Waals surface area contributed by atoms with Crippen LogP contribution in [0.2, 0.25) is 0 Å². The van der Waals surface area contributed by atoms with Crippen molar-refractivity contribution in [2.75, 3.05) is 12.3 Å². The zero-order valence-corrected chi connectivity index (χ0v) is 7.55. The lowest BCUT2D eigenvalue weighted by Gasteiger charge is -1.99. The molecule has 76 valence electrons. The fourth-order valence-electron chi connectivity index (χ4n) is 0.990. The summed E-state index contributed by atoms with van der Waals surface area (Å²) in [5.41, 5.74) is 10.7. The molecule has 14 heavy (non-hydrogen) atoms. The largest absolute Gasteiger partial charge is 0.392 e. The molecule has 0 atom stereocenters. The van der Waals surface area contributed by atoms with Gasteiger partial charge in [-0.3, -0.25) is 4.79 Å². The molecule has 0 spiro atoms. The van der Waals surface area contributed by atoms with Crippen LogP contribution in [0, 0.1) is 0 Å². The van der Waals surface area contributed by atoms with E-state index in [2.05, 4.69) is 4.98 Å². The third kappa shape index (κ3) is 2.11. The fraction of sp³-hybridized carbons (Fsp3) is 0.250. The molecule has 0 aliphatic heterocycles. The molecular weight excluding hydrogens is 184 g/mol. The number of hydrogen-bond donors (Lipinski definition) is 3. The highest BCUT2D eigenvalue weighted by molar-refractivity contribution is 5.95. The van der Waals surface area contributed by atoms with Crippen LogP contribution in [0.5, 0.6) is 0 Å². The molecule has 0 aliphatic carbocycles. The zero-order chi connectivity index (χ0) is 10.6. The standard InChI is InChI=1S/C8H12N4O2/c9-7-6(8(10)14)11-5-12(7)3-1-2-4-13/h1-2,5,13H,3-4,9H2,(H2,10,14). The monoisotopic (exact) mass is 196 g/mol. The number of aromatic nitrogens is 2. The lowest BCUT2D eigenvalue weighted by molar-refractivity contribution is 0.0997. The van der Waals surface area contributed by atoms with Gasteiger partial charge in [0.15, 0.2) is 5.69 Å². The van der Waals surface area contributed by atoms with E-state index in [0.29, 0.717) is 6.54 Å². The molecule has 6 heteroatoms. The number of aliphatic hydroxyl groups excluding tert-OH is 1. The summed E-state index contributed by atoms with van der Waals surface area (Å²) in [5, 5.41) is 8.49. The highest BCUT2D eigenvalue weighted by Crippen LogP contribution is 2.08. The molecule has 1 rings (SSSR count). The zero-order valence-electron chi connectivity index (χ0n) is 7.55. The SMILES string of the molecule is NC(=O)c1ncn(CC=CCO)c1N. The summed E-state index contributed by atoms with van der Waals surface area (Å²) in [6.45, 7) is 0.421. The van der Waals surface area contributed by atoms with Gasteiger partial charge in [0, 0.05) is 6.54 Å². The summed E-state index contributed by atoms with van der Waals surface area (Å²) < 4.78 is 1.56. The Kier molecular flexibility index (Phi) is 3.24. The van der Waals surface area contributed by atoms with Crippen LogP contribution in [0.3, 0.4) is 0 Å². The summed E-state index contributed by atoms with van der Waals surface area (Å²) in [7, 11) is 0. The normalized spacial score (nSPS) is 10.9. The predicted molar refractivity (Wildman–Crippen MR) is 51.4 cm³/mol. The Morgan fingerprint density at radius 3 is 2.86 bits per heavy atom. The smallest absolute Gasteiger partial charge is 0.271 e. The highest BCUT2D eigenvalue weighted by Gasteiger charge is 2.10. The molecule has 0 unspecified atom stereocenters. The maximum Gasteiger partial charge on any atom is 0.271 e. The number of rotatable bonds is 4. The predicted octanol–water partition coefficient (Wildman–Crippen LogP) is -0.887. The van der Waals surface area contributed by atoms with E-state index >= 15 is 0 Å². The van der Waals surface area contributed by atoms with Gasteiger partial charge in [0.25, 0.3) is 5.91 Å². The first-order valence-electron chi connectivity index (χ1n) is 4.03. The number of amides is 1. The van der Waals surface area contributed by atoms with E-state index < -0.39 is 5.91 Å². The van der Waals surface area contributed by atoms with Gasteiger partial charge in [-0.25, -0.2) is 4.98 Å². The molecule has 0 bridgehead atoms. The van der Waals surface area contributed by atoms with E-state index in [9.17, 15) is 4.79 Å². The number of anilines is 1. The van der Waals surface area contributed by atoms with Crippen LogP contribution < -0.4 is 11.5 Å². The Morgan fingerprint density at radius 2 is 2.36 bits per heavy atom. The maximum atomic E-state index is 10.8. The third-order valence-electron chi connectivity index (χ3n) is 1.69. The van der Waals surface area contributed by atoms with Gasteiger partial charge in [0.2, 0.25) is 0 Å². The maximum absolute atomic E-state index is 10.8. The van der Waals surface area contributed by atoms with Crippen molar-refractivity contribution < 1.29 is 9.90 Å². The van der Waals surface area contributed by atoms with Crippen molar-refractivity contribution in [1.82, 2.24) is 9.55 Å². The lowest BCUT2D eigenvalue weighted by atomic mass is 10.4. The Bertz CT molecular complexity index is 356. The van der Waals surface area contributed by atoms with E-state index in [-0.39, 0.29) is 18.1 Å². The second-order valence-corrected chi connectivity index (χ2v) is 2.65. The van der Waals surface area contributed by atoms with Gasteiger partial charge in [0.05, 0.1) is 12.9 Å². The minimum absolute atomic E-state index is 0.0305. The average Bonchev–Trinajstić information content (AvgIpc) is 2.48. The van der Waals surface area contributed by atoms with Crippen molar-refractivity contribution in [2.24, 2.45) is 5.73 Å². The van der Waals surface area contributed by atoms with Crippen molar-refractivity contribution in [3.63, 3.8) is 0 Å². The number of aliphatic hydroxyl groups is 1. The van der Waals surface area contributed by atoms with Crippen LogP contribution in [0.25, 0.3) is 0 Å². The topological polar surface area (TPSA) is 107 Å². The Labute approximate surface area is 80.8 Å². The number of primary amides is 1. The van der Waals surface area contributed by atoms with Gasteiger partial charge in [-0.15, -0.1) is 0 Å².